The number of aliphatic hydroxyl groups excluding tert-OH is 1. The van der Waals surface area contributed by atoms with Gasteiger partial charge in [0.05, 0.1) is 6.61 Å². The van der Waals surface area contributed by atoms with Crippen molar-refractivity contribution in [2.45, 2.75) is 63.1 Å². The number of nitrogens with zero attached hydrogens (tertiary/aromatic N) is 2. The zero-order valence-corrected chi connectivity index (χ0v) is 13.0. The summed E-state index contributed by atoms with van der Waals surface area (Å²) in [5.74, 6) is 0. The maximum atomic E-state index is 9.69. The SMILES string of the molecule is CC(CO)(CCN1CCN2CCCCC2C1)NC1CC1. The van der Waals surface area contributed by atoms with E-state index in [9.17, 15) is 5.11 Å². The Bertz CT molecular complexity index is 321. The second kappa shape index (κ2) is 6.30. The van der Waals surface area contributed by atoms with Gasteiger partial charge in [0.2, 0.25) is 0 Å². The summed E-state index contributed by atoms with van der Waals surface area (Å²) >= 11 is 0. The van der Waals surface area contributed by atoms with Crippen LogP contribution < -0.4 is 5.32 Å². The molecule has 2 saturated heterocycles. The van der Waals surface area contributed by atoms with E-state index in [0.29, 0.717) is 6.04 Å². The quantitative estimate of drug-likeness (QED) is 0.763. The normalized spacial score (nSPS) is 31.8. The van der Waals surface area contributed by atoms with E-state index in [2.05, 4.69) is 22.0 Å². The van der Waals surface area contributed by atoms with Gasteiger partial charge in [-0.2, -0.15) is 0 Å². The van der Waals surface area contributed by atoms with Crippen molar-refractivity contribution < 1.29 is 5.11 Å². The molecule has 3 aliphatic rings. The number of piperazine rings is 1. The standard InChI is InChI=1S/C16H31N3O/c1-16(13-20,17-14-5-6-14)7-9-18-10-11-19-8-3-2-4-15(19)12-18/h14-15,17,20H,2-13H2,1H3. The Labute approximate surface area is 123 Å². The van der Waals surface area contributed by atoms with Crippen molar-refractivity contribution in [3.8, 4) is 0 Å². The molecular formula is C16H31N3O. The third-order valence-electron chi connectivity index (χ3n) is 5.38. The molecule has 0 amide bonds. The molecule has 116 valence electrons. The van der Waals surface area contributed by atoms with Crippen LogP contribution >= 0.6 is 0 Å². The summed E-state index contributed by atoms with van der Waals surface area (Å²) in [6.07, 6.45) is 7.82. The molecular weight excluding hydrogens is 250 g/mol. The summed E-state index contributed by atoms with van der Waals surface area (Å²) in [4.78, 5) is 5.31. The molecule has 0 aromatic rings. The van der Waals surface area contributed by atoms with E-state index in [0.717, 1.165) is 19.0 Å². The lowest BCUT2D eigenvalue weighted by molar-refractivity contribution is 0.0417. The molecule has 0 bridgehead atoms. The Hall–Kier alpha value is -0.160. The summed E-state index contributed by atoms with van der Waals surface area (Å²) in [5, 5.41) is 13.3. The maximum Gasteiger partial charge on any atom is 0.0611 e. The van der Waals surface area contributed by atoms with Gasteiger partial charge in [0.25, 0.3) is 0 Å². The Morgan fingerprint density at radius 3 is 2.75 bits per heavy atom. The first-order valence-corrected chi connectivity index (χ1v) is 8.53. The predicted octanol–water partition coefficient (Wildman–Crippen LogP) is 1.05. The first-order valence-electron chi connectivity index (χ1n) is 8.53. The van der Waals surface area contributed by atoms with Crippen LogP contribution in [0.15, 0.2) is 0 Å². The lowest BCUT2D eigenvalue weighted by Gasteiger charge is -2.44. The van der Waals surface area contributed by atoms with E-state index in [1.54, 1.807) is 0 Å². The molecule has 20 heavy (non-hydrogen) atoms. The molecule has 0 spiro atoms. The number of hydrogen-bond donors (Lipinski definition) is 2. The Balaban J connectivity index is 1.45. The molecule has 1 saturated carbocycles. The highest BCUT2D eigenvalue weighted by Gasteiger charge is 2.33. The average molecular weight is 281 g/mol. The number of rotatable bonds is 6. The third kappa shape index (κ3) is 3.73. The van der Waals surface area contributed by atoms with Crippen LogP contribution in [0.4, 0.5) is 0 Å². The lowest BCUT2D eigenvalue weighted by atomic mass is 9.96. The van der Waals surface area contributed by atoms with Gasteiger partial charge in [-0.3, -0.25) is 4.90 Å². The fourth-order valence-corrected chi connectivity index (χ4v) is 3.75. The molecule has 0 aromatic heterocycles. The smallest absolute Gasteiger partial charge is 0.0611 e. The van der Waals surface area contributed by atoms with E-state index < -0.39 is 0 Å². The summed E-state index contributed by atoms with van der Waals surface area (Å²) in [7, 11) is 0. The number of hydrogen-bond acceptors (Lipinski definition) is 4. The highest BCUT2D eigenvalue weighted by Crippen LogP contribution is 2.25. The van der Waals surface area contributed by atoms with Crippen LogP contribution in [0.3, 0.4) is 0 Å². The van der Waals surface area contributed by atoms with Crippen molar-refractivity contribution in [2.75, 3.05) is 39.3 Å². The van der Waals surface area contributed by atoms with Gasteiger partial charge in [-0.05, 0) is 45.6 Å². The Morgan fingerprint density at radius 1 is 1.15 bits per heavy atom. The first-order chi connectivity index (χ1) is 9.68. The van der Waals surface area contributed by atoms with Crippen molar-refractivity contribution in [3.05, 3.63) is 0 Å². The van der Waals surface area contributed by atoms with Crippen molar-refractivity contribution in [3.63, 3.8) is 0 Å². The molecule has 4 heteroatoms. The van der Waals surface area contributed by atoms with Gasteiger partial charge < -0.3 is 15.3 Å². The van der Waals surface area contributed by atoms with Gasteiger partial charge in [0.15, 0.2) is 0 Å². The molecule has 0 radical (unpaired) electrons. The minimum atomic E-state index is -0.0785. The van der Waals surface area contributed by atoms with Gasteiger partial charge in [0, 0.05) is 43.8 Å². The van der Waals surface area contributed by atoms with E-state index >= 15 is 0 Å². The van der Waals surface area contributed by atoms with Gasteiger partial charge in [-0.1, -0.05) is 6.42 Å². The van der Waals surface area contributed by atoms with Crippen LogP contribution in [0.1, 0.15) is 45.4 Å². The predicted molar refractivity (Wildman–Crippen MR) is 81.9 cm³/mol. The minimum Gasteiger partial charge on any atom is -0.394 e. The van der Waals surface area contributed by atoms with Crippen LogP contribution in [0.25, 0.3) is 0 Å². The van der Waals surface area contributed by atoms with Gasteiger partial charge in [-0.15, -0.1) is 0 Å². The number of fused-ring (bicyclic) bond motifs is 1. The molecule has 3 rings (SSSR count). The van der Waals surface area contributed by atoms with Crippen molar-refractivity contribution >= 4 is 0 Å². The van der Waals surface area contributed by atoms with Crippen LogP contribution in [0.2, 0.25) is 0 Å². The summed E-state index contributed by atoms with van der Waals surface area (Å²) < 4.78 is 0. The fourth-order valence-electron chi connectivity index (χ4n) is 3.75. The molecule has 2 aliphatic heterocycles. The van der Waals surface area contributed by atoms with E-state index in [4.69, 9.17) is 0 Å². The minimum absolute atomic E-state index is 0.0785. The van der Waals surface area contributed by atoms with E-state index in [1.165, 1.54) is 58.3 Å². The summed E-state index contributed by atoms with van der Waals surface area (Å²) in [5.41, 5.74) is -0.0785. The molecule has 4 nitrogen and oxygen atoms in total. The van der Waals surface area contributed by atoms with Gasteiger partial charge >= 0.3 is 0 Å². The molecule has 3 fully saturated rings. The summed E-state index contributed by atoms with van der Waals surface area (Å²) in [6, 6.07) is 1.47. The number of piperidine rings is 1. The van der Waals surface area contributed by atoms with Gasteiger partial charge in [-0.25, -0.2) is 0 Å². The third-order valence-corrected chi connectivity index (χ3v) is 5.38. The Morgan fingerprint density at radius 2 is 2.00 bits per heavy atom. The maximum absolute atomic E-state index is 9.69. The lowest BCUT2D eigenvalue weighted by Crippen LogP contribution is -2.56. The highest BCUT2D eigenvalue weighted by atomic mass is 16.3. The monoisotopic (exact) mass is 281 g/mol. The largest absolute Gasteiger partial charge is 0.394 e. The van der Waals surface area contributed by atoms with Crippen LogP contribution in [0.5, 0.6) is 0 Å². The Kier molecular flexibility index (Phi) is 4.65. The molecule has 1 aliphatic carbocycles. The van der Waals surface area contributed by atoms with Crippen molar-refractivity contribution in [2.24, 2.45) is 0 Å². The summed E-state index contributed by atoms with van der Waals surface area (Å²) in [6.45, 7) is 8.58. The molecule has 2 atom stereocenters. The number of aliphatic hydroxyl groups is 1. The second-order valence-corrected chi connectivity index (χ2v) is 7.37. The van der Waals surface area contributed by atoms with Crippen molar-refractivity contribution in [1.29, 1.82) is 0 Å². The molecule has 2 heterocycles. The molecule has 2 unspecified atom stereocenters. The molecule has 0 aromatic carbocycles. The first kappa shape index (κ1) is 14.8. The number of nitrogens with one attached hydrogen (secondary N) is 1. The van der Waals surface area contributed by atoms with Crippen LogP contribution in [0, 0.1) is 0 Å². The second-order valence-electron chi connectivity index (χ2n) is 7.37. The average Bonchev–Trinajstić information content (AvgIpc) is 3.29. The van der Waals surface area contributed by atoms with Gasteiger partial charge in [0.1, 0.15) is 0 Å². The zero-order chi connectivity index (χ0) is 14.0. The van der Waals surface area contributed by atoms with E-state index in [1.807, 2.05) is 0 Å². The van der Waals surface area contributed by atoms with E-state index in [-0.39, 0.29) is 12.1 Å². The van der Waals surface area contributed by atoms with Crippen molar-refractivity contribution in [1.82, 2.24) is 15.1 Å². The van der Waals surface area contributed by atoms with Crippen LogP contribution in [-0.2, 0) is 0 Å². The topological polar surface area (TPSA) is 38.7 Å². The fraction of sp³-hybridized carbons (Fsp3) is 1.00. The molecule has 2 N–H and O–H groups in total. The zero-order valence-electron chi connectivity index (χ0n) is 13.0. The van der Waals surface area contributed by atoms with Crippen LogP contribution in [-0.4, -0.2) is 71.9 Å². The highest BCUT2D eigenvalue weighted by molar-refractivity contribution is 4.93.